The molecule has 0 bridgehead atoms. The first-order valence-electron chi connectivity index (χ1n) is 9.71. The molecule has 1 aromatic heterocycles. The van der Waals surface area contributed by atoms with Crippen molar-refractivity contribution in [2.24, 2.45) is 5.92 Å². The third-order valence-electron chi connectivity index (χ3n) is 4.45. The van der Waals surface area contributed by atoms with Gasteiger partial charge in [-0.05, 0) is 44.4 Å². The van der Waals surface area contributed by atoms with Crippen LogP contribution in [-0.2, 0) is 11.3 Å². The predicted molar refractivity (Wildman–Crippen MR) is 112 cm³/mol. The van der Waals surface area contributed by atoms with E-state index in [1.807, 2.05) is 44.4 Å². The van der Waals surface area contributed by atoms with Crippen LogP contribution in [0.4, 0.5) is 0 Å². The number of hydrogen-bond donors (Lipinski definition) is 1. The standard InChI is InChI=1S/C21H30N2O4S/c1-6-26-17-9-8-16(12-18(17)27-7-2)20(14(3)4)22-19(24)10-11-23-15(5)13-28-21(23)25/h8-9,12-14,20H,6-7,10-11H2,1-5H3,(H,22,24). The molecule has 0 spiro atoms. The highest BCUT2D eigenvalue weighted by Crippen LogP contribution is 2.33. The highest BCUT2D eigenvalue weighted by atomic mass is 32.1. The lowest BCUT2D eigenvalue weighted by Gasteiger charge is -2.24. The van der Waals surface area contributed by atoms with Gasteiger partial charge < -0.3 is 19.4 Å². The number of nitrogens with zero attached hydrogens (tertiary/aromatic N) is 1. The smallest absolute Gasteiger partial charge is 0.307 e. The first kappa shape index (κ1) is 22.0. The van der Waals surface area contributed by atoms with Crippen LogP contribution in [0.5, 0.6) is 11.5 Å². The molecule has 1 aromatic carbocycles. The maximum atomic E-state index is 12.6. The number of benzene rings is 1. The average Bonchev–Trinajstić information content (AvgIpc) is 2.97. The van der Waals surface area contributed by atoms with Crippen molar-refractivity contribution < 1.29 is 14.3 Å². The quantitative estimate of drug-likeness (QED) is 0.649. The molecule has 0 aliphatic rings. The van der Waals surface area contributed by atoms with Gasteiger partial charge in [-0.1, -0.05) is 31.3 Å². The minimum Gasteiger partial charge on any atom is -0.490 e. The topological polar surface area (TPSA) is 69.6 Å². The van der Waals surface area contributed by atoms with Gasteiger partial charge in [0, 0.05) is 24.0 Å². The van der Waals surface area contributed by atoms with Crippen molar-refractivity contribution in [2.75, 3.05) is 13.2 Å². The predicted octanol–water partition coefficient (Wildman–Crippen LogP) is 3.92. The van der Waals surface area contributed by atoms with E-state index < -0.39 is 0 Å². The Kier molecular flexibility index (Phi) is 8.11. The second-order valence-electron chi connectivity index (χ2n) is 6.91. The summed E-state index contributed by atoms with van der Waals surface area (Å²) in [5.74, 6) is 1.50. The SMILES string of the molecule is CCOc1ccc(C(NC(=O)CCn2c(C)csc2=O)C(C)C)cc1OCC. The Labute approximate surface area is 170 Å². The molecular weight excluding hydrogens is 376 g/mol. The number of amides is 1. The molecule has 28 heavy (non-hydrogen) atoms. The van der Waals surface area contributed by atoms with Crippen molar-refractivity contribution in [3.8, 4) is 11.5 Å². The summed E-state index contributed by atoms with van der Waals surface area (Å²) in [5.41, 5.74) is 1.86. The van der Waals surface area contributed by atoms with Gasteiger partial charge in [0.15, 0.2) is 11.5 Å². The Morgan fingerprint density at radius 3 is 2.43 bits per heavy atom. The molecule has 0 fully saturated rings. The maximum Gasteiger partial charge on any atom is 0.307 e. The van der Waals surface area contributed by atoms with Crippen molar-refractivity contribution in [2.45, 2.75) is 53.6 Å². The zero-order chi connectivity index (χ0) is 20.7. The number of hydrogen-bond acceptors (Lipinski definition) is 5. The first-order valence-corrected chi connectivity index (χ1v) is 10.6. The molecule has 1 amide bonds. The van der Waals surface area contributed by atoms with Gasteiger partial charge >= 0.3 is 4.87 Å². The molecule has 0 aliphatic carbocycles. The number of carbonyl (C=O) groups is 1. The molecule has 1 heterocycles. The van der Waals surface area contributed by atoms with Gasteiger partial charge in [0.05, 0.1) is 19.3 Å². The summed E-state index contributed by atoms with van der Waals surface area (Å²) in [7, 11) is 0. The molecule has 2 aromatic rings. The van der Waals surface area contributed by atoms with E-state index in [0.717, 1.165) is 22.6 Å². The lowest BCUT2D eigenvalue weighted by Crippen LogP contribution is -2.33. The Hall–Kier alpha value is -2.28. The van der Waals surface area contributed by atoms with Crippen molar-refractivity contribution in [3.05, 3.63) is 44.5 Å². The number of rotatable bonds is 10. The Bertz CT molecular complexity index is 841. The fourth-order valence-corrected chi connectivity index (χ4v) is 3.79. The third kappa shape index (κ3) is 5.61. The average molecular weight is 407 g/mol. The van der Waals surface area contributed by atoms with E-state index in [1.165, 1.54) is 0 Å². The lowest BCUT2D eigenvalue weighted by atomic mass is 9.95. The third-order valence-corrected chi connectivity index (χ3v) is 5.33. The zero-order valence-corrected chi connectivity index (χ0v) is 18.1. The minimum atomic E-state index is -0.150. The molecule has 0 aliphatic heterocycles. The van der Waals surface area contributed by atoms with Gasteiger partial charge in [-0.25, -0.2) is 0 Å². The maximum absolute atomic E-state index is 12.6. The second-order valence-corrected chi connectivity index (χ2v) is 7.73. The molecule has 0 saturated heterocycles. The molecule has 7 heteroatoms. The van der Waals surface area contributed by atoms with E-state index in [1.54, 1.807) is 4.57 Å². The van der Waals surface area contributed by atoms with Crippen molar-refractivity contribution in [1.29, 1.82) is 0 Å². The van der Waals surface area contributed by atoms with Crippen molar-refractivity contribution in [3.63, 3.8) is 0 Å². The summed E-state index contributed by atoms with van der Waals surface area (Å²) in [6, 6.07) is 5.64. The van der Waals surface area contributed by atoms with Crippen LogP contribution in [0, 0.1) is 12.8 Å². The van der Waals surface area contributed by atoms with Gasteiger partial charge in [-0.2, -0.15) is 0 Å². The van der Waals surface area contributed by atoms with E-state index in [0.29, 0.717) is 31.3 Å². The van der Waals surface area contributed by atoms with Gasteiger partial charge in [-0.3, -0.25) is 9.59 Å². The molecule has 0 saturated carbocycles. The van der Waals surface area contributed by atoms with Gasteiger partial charge in [0.2, 0.25) is 5.91 Å². The molecule has 1 unspecified atom stereocenters. The van der Waals surface area contributed by atoms with Crippen LogP contribution in [0.3, 0.4) is 0 Å². The monoisotopic (exact) mass is 406 g/mol. The van der Waals surface area contributed by atoms with E-state index in [9.17, 15) is 9.59 Å². The highest BCUT2D eigenvalue weighted by molar-refractivity contribution is 7.07. The van der Waals surface area contributed by atoms with Gasteiger partial charge in [-0.15, -0.1) is 0 Å². The summed E-state index contributed by atoms with van der Waals surface area (Å²) in [5, 5.41) is 4.92. The Morgan fingerprint density at radius 1 is 1.18 bits per heavy atom. The van der Waals surface area contributed by atoms with Crippen LogP contribution in [0.25, 0.3) is 0 Å². The van der Waals surface area contributed by atoms with E-state index >= 15 is 0 Å². The number of carbonyl (C=O) groups excluding carboxylic acids is 1. The second kappa shape index (κ2) is 10.3. The number of ether oxygens (including phenoxy) is 2. The molecule has 6 nitrogen and oxygen atoms in total. The Balaban J connectivity index is 2.13. The van der Waals surface area contributed by atoms with Crippen LogP contribution in [-0.4, -0.2) is 23.7 Å². The number of nitrogens with one attached hydrogen (secondary N) is 1. The van der Waals surface area contributed by atoms with Crippen LogP contribution in [0.15, 0.2) is 28.4 Å². The van der Waals surface area contributed by atoms with Crippen LogP contribution in [0.2, 0.25) is 0 Å². The minimum absolute atomic E-state index is 0.0291. The van der Waals surface area contributed by atoms with Gasteiger partial charge in [0.25, 0.3) is 0 Å². The van der Waals surface area contributed by atoms with E-state index in [4.69, 9.17) is 9.47 Å². The molecule has 154 valence electrons. The van der Waals surface area contributed by atoms with Crippen LogP contribution in [0.1, 0.15) is 51.4 Å². The fourth-order valence-electron chi connectivity index (χ4n) is 3.03. The highest BCUT2D eigenvalue weighted by Gasteiger charge is 2.20. The van der Waals surface area contributed by atoms with Crippen LogP contribution >= 0.6 is 11.3 Å². The summed E-state index contributed by atoms with van der Waals surface area (Å²) < 4.78 is 13.0. The zero-order valence-electron chi connectivity index (χ0n) is 17.3. The summed E-state index contributed by atoms with van der Waals surface area (Å²) in [6.07, 6.45) is 0.260. The fraction of sp³-hybridized carbons (Fsp3) is 0.524. The first-order chi connectivity index (χ1) is 13.4. The van der Waals surface area contributed by atoms with Gasteiger partial charge in [0.1, 0.15) is 0 Å². The lowest BCUT2D eigenvalue weighted by molar-refractivity contribution is -0.122. The van der Waals surface area contributed by atoms with E-state index in [-0.39, 0.29) is 29.2 Å². The van der Waals surface area contributed by atoms with E-state index in [2.05, 4.69) is 19.2 Å². The number of thiazole rings is 1. The summed E-state index contributed by atoms with van der Waals surface area (Å²) >= 11 is 1.16. The number of aryl methyl sites for hydroxylation is 1. The molecule has 0 radical (unpaired) electrons. The molecule has 2 rings (SSSR count). The summed E-state index contributed by atoms with van der Waals surface area (Å²) in [4.78, 5) is 24.3. The van der Waals surface area contributed by atoms with Crippen molar-refractivity contribution in [1.82, 2.24) is 9.88 Å². The van der Waals surface area contributed by atoms with Crippen LogP contribution < -0.4 is 19.7 Å². The largest absolute Gasteiger partial charge is 0.490 e. The Morgan fingerprint density at radius 2 is 1.86 bits per heavy atom. The molecule has 1 N–H and O–H groups in total. The van der Waals surface area contributed by atoms with Crippen molar-refractivity contribution >= 4 is 17.2 Å². The molecular formula is C21H30N2O4S. The number of aromatic nitrogens is 1. The summed E-state index contributed by atoms with van der Waals surface area (Å²) in [6.45, 7) is 11.4. The molecule has 1 atom stereocenters. The normalized spacial score (nSPS) is 12.1.